The number of thiazole rings is 1. The number of carbonyl (C=O) groups is 1. The highest BCUT2D eigenvalue weighted by atomic mass is 35.5. The van der Waals surface area contributed by atoms with Gasteiger partial charge in [-0.15, -0.1) is 0 Å². The zero-order valence-corrected chi connectivity index (χ0v) is 16.5. The molecule has 7 heteroatoms. The van der Waals surface area contributed by atoms with Gasteiger partial charge < -0.3 is 0 Å². The van der Waals surface area contributed by atoms with E-state index >= 15 is 0 Å². The first-order valence-electron chi connectivity index (χ1n) is 8.43. The third kappa shape index (κ3) is 3.46. The van der Waals surface area contributed by atoms with Crippen molar-refractivity contribution in [3.8, 4) is 0 Å². The fraction of sp³-hybridized carbons (Fsp3) is 0.150. The van der Waals surface area contributed by atoms with Crippen LogP contribution < -0.4 is 4.90 Å². The van der Waals surface area contributed by atoms with Crippen LogP contribution in [-0.2, 0) is 13.6 Å². The first kappa shape index (κ1) is 17.7. The molecule has 0 saturated carbocycles. The van der Waals surface area contributed by atoms with Crippen LogP contribution in [0.25, 0.3) is 10.2 Å². The molecule has 2 heterocycles. The maximum atomic E-state index is 13.4. The highest BCUT2D eigenvalue weighted by Gasteiger charge is 2.25. The lowest BCUT2D eigenvalue weighted by atomic mass is 10.2. The van der Waals surface area contributed by atoms with E-state index in [-0.39, 0.29) is 5.91 Å². The van der Waals surface area contributed by atoms with Gasteiger partial charge in [-0.2, -0.15) is 5.10 Å². The molecule has 0 bridgehead atoms. The minimum absolute atomic E-state index is 0.124. The van der Waals surface area contributed by atoms with Crippen molar-refractivity contribution in [2.24, 2.45) is 7.05 Å². The Bertz CT molecular complexity index is 1100. The van der Waals surface area contributed by atoms with Crippen molar-refractivity contribution in [3.05, 3.63) is 76.6 Å². The van der Waals surface area contributed by atoms with Crippen LogP contribution in [-0.4, -0.2) is 20.7 Å². The summed E-state index contributed by atoms with van der Waals surface area (Å²) in [6.07, 6.45) is 1.70. The molecule has 0 unspecified atom stereocenters. The molecule has 0 aliphatic rings. The predicted molar refractivity (Wildman–Crippen MR) is 110 cm³/mol. The number of nitrogens with zero attached hydrogens (tertiary/aromatic N) is 4. The largest absolute Gasteiger partial charge is 0.278 e. The standard InChI is InChI=1S/C20H17ClN4OS/c1-13-11-22-24(2)18(13)19(26)25(12-14-6-4-3-5-7-14)20-23-16-9-8-15(21)10-17(16)27-20/h3-11H,12H2,1-2H3. The Balaban J connectivity index is 1.80. The molecule has 4 aromatic rings. The SMILES string of the molecule is Cc1cnn(C)c1C(=O)N(Cc1ccccc1)c1nc2ccc(Cl)cc2s1. The summed E-state index contributed by atoms with van der Waals surface area (Å²) < 4.78 is 2.56. The second-order valence-corrected chi connectivity index (χ2v) is 7.73. The minimum Gasteiger partial charge on any atom is -0.278 e. The van der Waals surface area contributed by atoms with Crippen molar-refractivity contribution in [2.75, 3.05) is 4.90 Å². The molecule has 0 atom stereocenters. The third-order valence-electron chi connectivity index (χ3n) is 4.32. The van der Waals surface area contributed by atoms with E-state index in [1.165, 1.54) is 11.3 Å². The molecule has 0 spiro atoms. The molecule has 5 nitrogen and oxygen atoms in total. The van der Waals surface area contributed by atoms with Gasteiger partial charge in [-0.1, -0.05) is 53.3 Å². The van der Waals surface area contributed by atoms with Gasteiger partial charge in [0.1, 0.15) is 5.69 Å². The molecule has 0 aliphatic heterocycles. The van der Waals surface area contributed by atoms with Crippen LogP contribution >= 0.6 is 22.9 Å². The van der Waals surface area contributed by atoms with Crippen LogP contribution in [0.3, 0.4) is 0 Å². The quantitative estimate of drug-likeness (QED) is 0.496. The summed E-state index contributed by atoms with van der Waals surface area (Å²) in [5.74, 6) is -0.124. The summed E-state index contributed by atoms with van der Waals surface area (Å²) in [6.45, 7) is 2.32. The normalized spacial score (nSPS) is 11.1. The maximum absolute atomic E-state index is 13.4. The molecule has 0 radical (unpaired) electrons. The van der Waals surface area contributed by atoms with Crippen LogP contribution in [0.2, 0.25) is 5.02 Å². The first-order chi connectivity index (χ1) is 13.0. The van der Waals surface area contributed by atoms with Crippen molar-refractivity contribution in [1.82, 2.24) is 14.8 Å². The van der Waals surface area contributed by atoms with Gasteiger partial charge in [0.2, 0.25) is 0 Å². The van der Waals surface area contributed by atoms with E-state index in [0.29, 0.717) is 22.4 Å². The zero-order valence-electron chi connectivity index (χ0n) is 14.9. The second kappa shape index (κ2) is 7.13. The van der Waals surface area contributed by atoms with E-state index in [1.807, 2.05) is 55.5 Å². The fourth-order valence-electron chi connectivity index (χ4n) is 2.98. The van der Waals surface area contributed by atoms with Crippen LogP contribution in [0.15, 0.2) is 54.7 Å². The van der Waals surface area contributed by atoms with Crippen LogP contribution in [0, 0.1) is 6.92 Å². The number of hydrogen-bond acceptors (Lipinski definition) is 4. The number of carbonyl (C=O) groups excluding carboxylic acids is 1. The van der Waals surface area contributed by atoms with Gasteiger partial charge in [-0.3, -0.25) is 14.4 Å². The van der Waals surface area contributed by atoms with Crippen LogP contribution in [0.5, 0.6) is 0 Å². The van der Waals surface area contributed by atoms with Crippen LogP contribution in [0.4, 0.5) is 5.13 Å². The van der Waals surface area contributed by atoms with Crippen molar-refractivity contribution in [2.45, 2.75) is 13.5 Å². The van der Waals surface area contributed by atoms with Gasteiger partial charge in [0.25, 0.3) is 5.91 Å². The number of hydrogen-bond donors (Lipinski definition) is 0. The average molecular weight is 397 g/mol. The minimum atomic E-state index is -0.124. The number of benzene rings is 2. The summed E-state index contributed by atoms with van der Waals surface area (Å²) >= 11 is 7.57. The van der Waals surface area contributed by atoms with Gasteiger partial charge in [-0.05, 0) is 36.2 Å². The highest BCUT2D eigenvalue weighted by Crippen LogP contribution is 2.32. The van der Waals surface area contributed by atoms with Gasteiger partial charge >= 0.3 is 0 Å². The van der Waals surface area contributed by atoms with Crippen molar-refractivity contribution in [3.63, 3.8) is 0 Å². The number of aromatic nitrogens is 3. The molecule has 27 heavy (non-hydrogen) atoms. The van der Waals surface area contributed by atoms with Gasteiger partial charge in [0.05, 0.1) is 23.0 Å². The molecule has 0 N–H and O–H groups in total. The maximum Gasteiger partial charge on any atom is 0.278 e. The lowest BCUT2D eigenvalue weighted by Gasteiger charge is -2.20. The third-order valence-corrected chi connectivity index (χ3v) is 5.60. The van der Waals surface area contributed by atoms with E-state index in [4.69, 9.17) is 11.6 Å². The van der Waals surface area contributed by atoms with Gasteiger partial charge in [0.15, 0.2) is 5.13 Å². The summed E-state index contributed by atoms with van der Waals surface area (Å²) in [5, 5.41) is 5.50. The predicted octanol–water partition coefficient (Wildman–Crippen LogP) is 4.84. The first-order valence-corrected chi connectivity index (χ1v) is 9.63. The van der Waals surface area contributed by atoms with Crippen molar-refractivity contribution in [1.29, 1.82) is 0 Å². The summed E-state index contributed by atoms with van der Waals surface area (Å²) in [7, 11) is 1.78. The van der Waals surface area contributed by atoms with Gasteiger partial charge in [0, 0.05) is 12.1 Å². The monoisotopic (exact) mass is 396 g/mol. The number of anilines is 1. The Hall–Kier alpha value is -2.70. The van der Waals surface area contributed by atoms with E-state index < -0.39 is 0 Å². The van der Waals surface area contributed by atoms with E-state index in [0.717, 1.165) is 21.3 Å². The molecule has 0 aliphatic carbocycles. The highest BCUT2D eigenvalue weighted by molar-refractivity contribution is 7.22. The number of amides is 1. The molecule has 1 amide bonds. The van der Waals surface area contributed by atoms with E-state index in [9.17, 15) is 4.79 Å². The Morgan fingerprint density at radius 3 is 2.70 bits per heavy atom. The number of aryl methyl sites for hydroxylation is 2. The summed E-state index contributed by atoms with van der Waals surface area (Å²) in [4.78, 5) is 19.8. The molecule has 136 valence electrons. The zero-order chi connectivity index (χ0) is 19.0. The molecule has 0 fully saturated rings. The van der Waals surface area contributed by atoms with Crippen LogP contribution in [0.1, 0.15) is 21.6 Å². The Morgan fingerprint density at radius 2 is 2.00 bits per heavy atom. The Labute approximate surface area is 165 Å². The Morgan fingerprint density at radius 1 is 1.22 bits per heavy atom. The van der Waals surface area contributed by atoms with Gasteiger partial charge in [-0.25, -0.2) is 4.98 Å². The molecule has 2 aromatic carbocycles. The smallest absolute Gasteiger partial charge is 0.278 e. The number of fused-ring (bicyclic) bond motifs is 1. The van der Waals surface area contributed by atoms with Crippen molar-refractivity contribution < 1.29 is 4.79 Å². The van der Waals surface area contributed by atoms with E-state index in [2.05, 4.69) is 10.1 Å². The topological polar surface area (TPSA) is 51.0 Å². The average Bonchev–Trinajstić information content (AvgIpc) is 3.22. The summed E-state index contributed by atoms with van der Waals surface area (Å²) in [6, 6.07) is 15.4. The lowest BCUT2D eigenvalue weighted by Crippen LogP contribution is -2.32. The van der Waals surface area contributed by atoms with Crippen molar-refractivity contribution >= 4 is 44.2 Å². The summed E-state index contributed by atoms with van der Waals surface area (Å²) in [5.41, 5.74) is 3.25. The molecular formula is C20H17ClN4OS. The molecule has 2 aromatic heterocycles. The molecule has 4 rings (SSSR count). The lowest BCUT2D eigenvalue weighted by molar-refractivity contribution is 0.0975. The second-order valence-electron chi connectivity index (χ2n) is 6.29. The molecule has 0 saturated heterocycles. The number of rotatable bonds is 4. The van der Waals surface area contributed by atoms with E-state index in [1.54, 1.807) is 22.8 Å². The number of halogens is 1. The Kier molecular flexibility index (Phi) is 4.68. The molecular weight excluding hydrogens is 380 g/mol. The fourth-order valence-corrected chi connectivity index (χ4v) is 4.22.